The molecule has 0 N–H and O–H groups in total. The summed E-state index contributed by atoms with van der Waals surface area (Å²) in [5, 5.41) is 0. The van der Waals surface area contributed by atoms with Crippen molar-refractivity contribution < 1.29 is 172 Å². The van der Waals surface area contributed by atoms with Crippen molar-refractivity contribution in [3.8, 4) is 0 Å². The van der Waals surface area contributed by atoms with Gasteiger partial charge in [0, 0.05) is 183 Å². The molecule has 7 aliphatic rings. The Morgan fingerprint density at radius 2 is 0.571 bits per heavy atom. The van der Waals surface area contributed by atoms with Crippen molar-refractivity contribution in [1.29, 1.82) is 0 Å². The van der Waals surface area contributed by atoms with Crippen LogP contribution in [0.3, 0.4) is 0 Å². The molecule has 112 heavy (non-hydrogen) atoms. The fraction of sp³-hybridized carbons (Fsp3) is 0.521. The molecule has 5 unspecified atom stereocenters. The lowest BCUT2D eigenvalue weighted by Crippen LogP contribution is -2.33. The van der Waals surface area contributed by atoms with Crippen LogP contribution in [0.1, 0.15) is 103 Å². The molecule has 3 aliphatic heterocycles. The molecule has 0 spiro atoms. The van der Waals surface area contributed by atoms with E-state index >= 15 is 0 Å². The minimum atomic E-state index is -0.786. The van der Waals surface area contributed by atoms with Crippen LogP contribution >= 0.6 is 0 Å². The zero-order valence-electron chi connectivity index (χ0n) is 63.5. The average molecular weight is 1590 g/mol. The van der Waals surface area contributed by atoms with Gasteiger partial charge in [-0.2, -0.15) is 0 Å². The maximum atomic E-state index is 11.8. The minimum Gasteiger partial charge on any atom is -0.466 e. The summed E-state index contributed by atoms with van der Waals surface area (Å²) in [4.78, 5) is 237. The van der Waals surface area contributed by atoms with Crippen LogP contribution in [0.4, 0.5) is 0 Å². The van der Waals surface area contributed by atoms with Gasteiger partial charge in [0.05, 0.1) is 56.4 Å². The summed E-state index contributed by atoms with van der Waals surface area (Å²) in [6.07, 6.45) is 16.9. The number of ether oxygens (including phenoxy) is 15. The molecule has 4 aliphatic carbocycles. The smallest absolute Gasteiger partial charge is 0.331 e. The molecule has 0 aromatic rings. The summed E-state index contributed by atoms with van der Waals surface area (Å²) in [5.74, 6) is -10.1. The fourth-order valence-corrected chi connectivity index (χ4v) is 9.59. The molecule has 7 atom stereocenters. The summed E-state index contributed by atoms with van der Waals surface area (Å²) < 4.78 is 69.2. The molecular weight excluding hydrogens is 1490 g/mol. The number of likely N-dealkylation sites (tertiary alicyclic amines) is 3. The Morgan fingerprint density at radius 3 is 0.804 bits per heavy atom. The topological polar surface area (TPSA) is 507 Å². The van der Waals surface area contributed by atoms with Gasteiger partial charge < -0.3 is 85.8 Å². The Balaban J connectivity index is 0.000000654. The highest BCUT2D eigenvalue weighted by Gasteiger charge is 2.36. The van der Waals surface area contributed by atoms with Gasteiger partial charge in [0.15, 0.2) is 54.0 Å². The van der Waals surface area contributed by atoms with Gasteiger partial charge in [0.2, 0.25) is 0 Å². The van der Waals surface area contributed by atoms with Gasteiger partial charge in [0.1, 0.15) is 11.9 Å². The number of nitrogens with zero attached hydrogens (tertiary/aromatic N) is 3. The van der Waals surface area contributed by atoms with Crippen LogP contribution in [0.5, 0.6) is 0 Å². The van der Waals surface area contributed by atoms with Crippen LogP contribution in [0.15, 0.2) is 85.1 Å². The first-order chi connectivity index (χ1) is 53.2. The highest BCUT2D eigenvalue weighted by Crippen LogP contribution is 2.22. The number of carbonyl (C=O) groups excluding carboxylic acids is 21. The van der Waals surface area contributed by atoms with Crippen molar-refractivity contribution in [3.63, 3.8) is 0 Å². The van der Waals surface area contributed by atoms with Crippen LogP contribution in [0, 0.1) is 0 Å². The first kappa shape index (κ1) is 97.8. The van der Waals surface area contributed by atoms with Crippen LogP contribution in [0.2, 0.25) is 0 Å². The largest absolute Gasteiger partial charge is 0.466 e. The number of methoxy groups -OCH3 is 8. The number of esters is 14. The Labute approximate surface area is 643 Å². The summed E-state index contributed by atoms with van der Waals surface area (Å²) in [6, 6.07) is 0. The van der Waals surface area contributed by atoms with Gasteiger partial charge in [-0.05, 0) is 51.9 Å². The second kappa shape index (κ2) is 55.2. The Morgan fingerprint density at radius 1 is 0.312 bits per heavy atom. The van der Waals surface area contributed by atoms with E-state index in [0.717, 1.165) is 104 Å². The third-order valence-electron chi connectivity index (χ3n) is 15.5. The molecule has 616 valence electrons. The number of rotatable bonds is 25. The third kappa shape index (κ3) is 41.4. The van der Waals surface area contributed by atoms with E-state index in [9.17, 15) is 101 Å². The molecule has 39 nitrogen and oxygen atoms in total. The Kier molecular flexibility index (Phi) is 48.2. The molecule has 0 aromatic carbocycles. The van der Waals surface area contributed by atoms with E-state index < -0.39 is 120 Å². The molecule has 0 aromatic heterocycles. The molecule has 3 amide bonds. The Bertz CT molecular complexity index is 3410. The minimum absolute atomic E-state index is 0.0604. The number of likely N-dealkylation sites (N-methyl/N-ethyl adjacent to an activating group) is 2. The van der Waals surface area contributed by atoms with E-state index in [1.54, 1.807) is 24.0 Å². The van der Waals surface area contributed by atoms with Gasteiger partial charge in [-0.25, -0.2) is 67.1 Å². The summed E-state index contributed by atoms with van der Waals surface area (Å²) in [6.45, 7) is 5.06. The average Bonchev–Trinajstić information content (AvgIpc) is 1.71. The van der Waals surface area contributed by atoms with E-state index in [-0.39, 0.29) is 53.4 Å². The van der Waals surface area contributed by atoms with E-state index in [2.05, 4.69) is 33.2 Å². The molecule has 39 heteroatoms. The number of hydrogen-bond acceptors (Lipinski definition) is 36. The summed E-state index contributed by atoms with van der Waals surface area (Å²) >= 11 is 0. The van der Waals surface area contributed by atoms with Crippen molar-refractivity contribution in [2.75, 3.05) is 103 Å². The predicted octanol–water partition coefficient (Wildman–Crippen LogP) is 0.397. The lowest BCUT2D eigenvalue weighted by atomic mass is 10.3. The molecule has 4 saturated carbocycles. The monoisotopic (exact) mass is 1590 g/mol. The molecule has 3 heterocycles. The van der Waals surface area contributed by atoms with Gasteiger partial charge in [0.25, 0.3) is 17.7 Å². The lowest BCUT2D eigenvalue weighted by Gasteiger charge is -2.15. The standard InChI is InChI=1S/C12H17NO6.C11H15NO5.C10H13NO5.4C10H12O5/c1-17-8-7-13-6-5-9(12(13)16)19-11(15)4-3-10(14)18-2;1-3-12-7-6-8(11(12)15)17-10(14)5-4-9(13)16-2;1-11-6-5-7(10(11)14)16-9(13)4-3-8(12)15-2;1-14-9(12)4-5-10(13)15-8-3-2-7(11)6-8;3*1-14-9(12)5-6-10(13)15-8-4-2-3-7(8)11/h3-4,9H,5-8H2,1-2H3;4-5,8H,3,6-7H2,1-2H3;3-4,7H,5-6H2,1-2H3;4-5,8H,2-3,6H2,1H3;3*5-6,8H,2-4H2,1H3/b4-3+;5-4+;4-3+;5-4+;3*6-5+/t;;;;2*8-;/m....10./s1. The van der Waals surface area contributed by atoms with Crippen molar-refractivity contribution >= 4 is 124 Å². The normalized spacial score (nSPS) is 20.1. The summed E-state index contributed by atoms with van der Waals surface area (Å²) in [5.41, 5.74) is 0. The first-order valence-electron chi connectivity index (χ1n) is 34.4. The van der Waals surface area contributed by atoms with Gasteiger partial charge >= 0.3 is 83.6 Å². The maximum absolute atomic E-state index is 11.8. The van der Waals surface area contributed by atoms with Crippen LogP contribution < -0.4 is 0 Å². The van der Waals surface area contributed by atoms with Crippen LogP contribution in [-0.2, 0) is 172 Å². The van der Waals surface area contributed by atoms with Crippen molar-refractivity contribution in [1.82, 2.24) is 14.7 Å². The van der Waals surface area contributed by atoms with Crippen molar-refractivity contribution in [3.05, 3.63) is 85.1 Å². The first-order valence-corrected chi connectivity index (χ1v) is 34.4. The second-order valence-corrected chi connectivity index (χ2v) is 23.3. The van der Waals surface area contributed by atoms with Crippen LogP contribution in [-0.4, -0.2) is 285 Å². The molecule has 0 bridgehead atoms. The molecule has 3 saturated heterocycles. The van der Waals surface area contributed by atoms with E-state index in [4.69, 9.17) is 37.9 Å². The number of Topliss-reactive ketones (excluding diaryl/α,β-unsaturated/α-hetero) is 4. The fourth-order valence-electron chi connectivity index (χ4n) is 9.59. The zero-order valence-corrected chi connectivity index (χ0v) is 63.5. The van der Waals surface area contributed by atoms with Gasteiger partial charge in [-0.3, -0.25) is 33.6 Å². The zero-order chi connectivity index (χ0) is 84.3. The second-order valence-electron chi connectivity index (χ2n) is 23.3. The Hall–Kier alpha value is -12.2. The van der Waals surface area contributed by atoms with E-state index in [0.29, 0.717) is 110 Å². The van der Waals surface area contributed by atoms with Gasteiger partial charge in [-0.1, -0.05) is 0 Å². The molecule has 7 rings (SSSR count). The molecular formula is C73H93N3O36. The van der Waals surface area contributed by atoms with Gasteiger partial charge in [-0.15, -0.1) is 0 Å². The van der Waals surface area contributed by atoms with Crippen molar-refractivity contribution in [2.24, 2.45) is 0 Å². The highest BCUT2D eigenvalue weighted by molar-refractivity contribution is 5.99. The number of amides is 3. The predicted molar refractivity (Wildman–Crippen MR) is 375 cm³/mol. The van der Waals surface area contributed by atoms with E-state index in [1.165, 1.54) is 54.7 Å². The number of ketones is 4. The van der Waals surface area contributed by atoms with Crippen LogP contribution in [0.25, 0.3) is 0 Å². The number of hydrogen-bond donors (Lipinski definition) is 0. The number of carbonyl (C=O) groups is 21. The highest BCUT2D eigenvalue weighted by atomic mass is 16.6. The maximum Gasteiger partial charge on any atom is 0.331 e. The molecule has 7 fully saturated rings. The van der Waals surface area contributed by atoms with E-state index in [1.807, 2.05) is 6.92 Å². The molecule has 0 radical (unpaired) electrons. The third-order valence-corrected chi connectivity index (χ3v) is 15.5. The SMILES string of the molecule is CCN1CCC(OC(=O)/C=C/C(=O)OC)C1=O.COC(=O)/C=C/C(=O)OC1CCC(=O)C1.COC(=O)/C=C/C(=O)OC1CCCC1=O.COC(=O)/C=C/C(=O)OC1CCN(C)C1=O.COC(=O)/C=C/C(=O)O[C@@H]1CCCC1=O.COC(=O)/C=C/C(=O)O[C@H]1CCCC1=O.COCCN1CCC(OC(=O)/C=C/C(=O)OC)C1=O. The lowest BCUT2D eigenvalue weighted by molar-refractivity contribution is -0.152. The van der Waals surface area contributed by atoms with Crippen molar-refractivity contribution in [2.45, 2.75) is 146 Å². The quantitative estimate of drug-likeness (QED) is 0.0678. The summed E-state index contributed by atoms with van der Waals surface area (Å²) in [7, 11) is 11.6.